The Labute approximate surface area is 189 Å². The number of imidazole rings is 1. The van der Waals surface area contributed by atoms with Crippen molar-refractivity contribution in [2.24, 2.45) is 4.99 Å². The van der Waals surface area contributed by atoms with Crippen LogP contribution in [0.25, 0.3) is 22.2 Å². The highest BCUT2D eigenvalue weighted by Gasteiger charge is 2.38. The average molecular weight is 444 g/mol. The number of pyridine rings is 2. The summed E-state index contributed by atoms with van der Waals surface area (Å²) in [7, 11) is 0. The van der Waals surface area contributed by atoms with Gasteiger partial charge < -0.3 is 4.98 Å². The molecule has 0 bridgehead atoms. The first-order valence-corrected chi connectivity index (χ1v) is 11.0. The Kier molecular flexibility index (Phi) is 4.58. The van der Waals surface area contributed by atoms with Gasteiger partial charge in [0.05, 0.1) is 29.8 Å². The van der Waals surface area contributed by atoms with Crippen LogP contribution < -0.4 is 0 Å². The highest BCUT2D eigenvalue weighted by Crippen LogP contribution is 2.35. The number of H-pyrrole nitrogens is 1. The quantitative estimate of drug-likeness (QED) is 0.492. The normalized spacial score (nSPS) is 19.7. The number of fused-ring (bicyclic) bond motifs is 2. The van der Waals surface area contributed by atoms with Gasteiger partial charge in [0.15, 0.2) is 5.82 Å². The lowest BCUT2D eigenvalue weighted by Crippen LogP contribution is -2.24. The first-order valence-electron chi connectivity index (χ1n) is 11.0. The maximum Gasteiger partial charge on any atom is 0.261 e. The number of alkyl halides is 2. The molecule has 1 atom stereocenters. The number of aromatic amines is 1. The zero-order valence-corrected chi connectivity index (χ0v) is 18.1. The third-order valence-corrected chi connectivity index (χ3v) is 6.37. The first-order chi connectivity index (χ1) is 15.9. The predicted octanol–water partition coefficient (Wildman–Crippen LogP) is 4.77. The molecule has 4 aromatic rings. The van der Waals surface area contributed by atoms with Crippen molar-refractivity contribution in [3.63, 3.8) is 0 Å². The summed E-state index contributed by atoms with van der Waals surface area (Å²) in [5, 5.41) is 0. The molecular weight excluding hydrogens is 422 g/mol. The van der Waals surface area contributed by atoms with E-state index in [1.54, 1.807) is 23.5 Å². The Morgan fingerprint density at radius 2 is 2.00 bits per heavy atom. The second-order valence-corrected chi connectivity index (χ2v) is 8.83. The standard InChI is InChI=1S/C25H22F2N6/c1-15-19-3-2-17(18-8-16(10-29-11-18)13-33-7-5-25(26,27)14-33)9-20(19)23(30-15)24-31-21-4-6-28-12-22(21)32-24/h2-4,6,8-12,15H,5,7,13-14H2,1H3,(H,31,32)/t15-/m0/s1. The lowest BCUT2D eigenvalue weighted by atomic mass is 9.96. The minimum atomic E-state index is -2.59. The molecule has 33 heavy (non-hydrogen) atoms. The predicted molar refractivity (Wildman–Crippen MR) is 122 cm³/mol. The van der Waals surface area contributed by atoms with Gasteiger partial charge in [-0.25, -0.2) is 13.8 Å². The number of halogens is 2. The van der Waals surface area contributed by atoms with Gasteiger partial charge in [-0.3, -0.25) is 19.9 Å². The zero-order chi connectivity index (χ0) is 22.6. The van der Waals surface area contributed by atoms with Crippen molar-refractivity contribution in [1.29, 1.82) is 0 Å². The highest BCUT2D eigenvalue weighted by atomic mass is 19.3. The molecule has 8 heteroatoms. The molecule has 0 spiro atoms. The number of hydrogen-bond donors (Lipinski definition) is 1. The van der Waals surface area contributed by atoms with Gasteiger partial charge in [-0.15, -0.1) is 0 Å². The number of likely N-dealkylation sites (tertiary alicyclic amines) is 1. The first kappa shape index (κ1) is 20.1. The Morgan fingerprint density at radius 1 is 1.09 bits per heavy atom. The van der Waals surface area contributed by atoms with E-state index in [0.717, 1.165) is 50.4 Å². The molecule has 6 rings (SSSR count). The molecule has 0 saturated carbocycles. The smallest absolute Gasteiger partial charge is 0.261 e. The fourth-order valence-corrected chi connectivity index (χ4v) is 4.73. The second kappa shape index (κ2) is 7.52. The Bertz CT molecular complexity index is 1360. The van der Waals surface area contributed by atoms with E-state index >= 15 is 0 Å². The minimum absolute atomic E-state index is 0.0386. The van der Waals surface area contributed by atoms with Gasteiger partial charge in [-0.2, -0.15) is 0 Å². The number of aliphatic imine (C=N–C) groups is 1. The Balaban J connectivity index is 1.32. The molecule has 166 valence electrons. The highest BCUT2D eigenvalue weighted by molar-refractivity contribution is 6.15. The summed E-state index contributed by atoms with van der Waals surface area (Å²) in [5.74, 6) is -1.87. The van der Waals surface area contributed by atoms with E-state index in [-0.39, 0.29) is 19.0 Å². The monoisotopic (exact) mass is 444 g/mol. The molecule has 6 nitrogen and oxygen atoms in total. The minimum Gasteiger partial charge on any atom is -0.335 e. The van der Waals surface area contributed by atoms with Crippen LogP contribution in [0.5, 0.6) is 0 Å². The summed E-state index contributed by atoms with van der Waals surface area (Å²) in [4.78, 5) is 23.2. The van der Waals surface area contributed by atoms with Crippen molar-refractivity contribution < 1.29 is 8.78 Å². The molecule has 1 saturated heterocycles. The summed E-state index contributed by atoms with van der Waals surface area (Å²) < 4.78 is 27.1. The second-order valence-electron chi connectivity index (χ2n) is 8.83. The van der Waals surface area contributed by atoms with Crippen LogP contribution >= 0.6 is 0 Å². The van der Waals surface area contributed by atoms with Gasteiger partial charge >= 0.3 is 0 Å². The van der Waals surface area contributed by atoms with Crippen LogP contribution in [0.3, 0.4) is 0 Å². The van der Waals surface area contributed by atoms with E-state index in [9.17, 15) is 8.78 Å². The molecular formula is C25H22F2N6. The molecule has 5 heterocycles. The lowest BCUT2D eigenvalue weighted by Gasteiger charge is -2.16. The maximum atomic E-state index is 13.6. The molecule has 0 unspecified atom stereocenters. The van der Waals surface area contributed by atoms with Crippen LogP contribution in [-0.2, 0) is 6.54 Å². The summed E-state index contributed by atoms with van der Waals surface area (Å²) >= 11 is 0. The van der Waals surface area contributed by atoms with E-state index < -0.39 is 5.92 Å². The van der Waals surface area contributed by atoms with Crippen LogP contribution in [0.2, 0.25) is 0 Å². The molecule has 3 aromatic heterocycles. The van der Waals surface area contributed by atoms with E-state index in [1.807, 2.05) is 18.3 Å². The molecule has 1 fully saturated rings. The zero-order valence-electron chi connectivity index (χ0n) is 18.1. The molecule has 0 aliphatic carbocycles. The number of nitrogens with zero attached hydrogens (tertiary/aromatic N) is 5. The van der Waals surface area contributed by atoms with Crippen molar-refractivity contribution >= 4 is 16.7 Å². The largest absolute Gasteiger partial charge is 0.335 e. The number of rotatable bonds is 4. The van der Waals surface area contributed by atoms with E-state index in [1.165, 1.54) is 0 Å². The Hall–Kier alpha value is -3.52. The van der Waals surface area contributed by atoms with Crippen molar-refractivity contribution in [1.82, 2.24) is 24.8 Å². The van der Waals surface area contributed by atoms with Crippen LogP contribution in [0, 0.1) is 0 Å². The van der Waals surface area contributed by atoms with Gasteiger partial charge in [0.25, 0.3) is 5.92 Å². The maximum absolute atomic E-state index is 13.6. The van der Waals surface area contributed by atoms with Crippen LogP contribution in [0.15, 0.2) is 60.1 Å². The van der Waals surface area contributed by atoms with Gasteiger partial charge in [-0.05, 0) is 41.8 Å². The molecule has 1 aromatic carbocycles. The van der Waals surface area contributed by atoms with E-state index in [2.05, 4.69) is 40.1 Å². The number of benzene rings is 1. The molecule has 2 aliphatic heterocycles. The number of nitrogens with one attached hydrogen (secondary N) is 1. The SMILES string of the molecule is C[C@@H]1N=C(c2nc3ccncc3[nH]2)c2cc(-c3cncc(CN4CCC(F)(F)C4)c3)ccc21. The summed E-state index contributed by atoms with van der Waals surface area (Å²) in [5.41, 5.74) is 7.63. The van der Waals surface area contributed by atoms with Gasteiger partial charge in [0, 0.05) is 49.2 Å². The van der Waals surface area contributed by atoms with Gasteiger partial charge in [0.1, 0.15) is 5.71 Å². The fourth-order valence-electron chi connectivity index (χ4n) is 4.73. The third-order valence-electron chi connectivity index (χ3n) is 6.37. The van der Waals surface area contributed by atoms with Crippen molar-refractivity contribution in [2.75, 3.05) is 13.1 Å². The van der Waals surface area contributed by atoms with Crippen LogP contribution in [0.1, 0.15) is 41.9 Å². The fraction of sp³-hybridized carbons (Fsp3) is 0.280. The molecule has 0 amide bonds. The summed E-state index contributed by atoms with van der Waals surface area (Å²) in [6.45, 7) is 2.75. The summed E-state index contributed by atoms with van der Waals surface area (Å²) in [6, 6.07) is 10.2. The van der Waals surface area contributed by atoms with Gasteiger partial charge in [-0.1, -0.05) is 12.1 Å². The average Bonchev–Trinajstić information content (AvgIpc) is 3.48. The van der Waals surface area contributed by atoms with Crippen molar-refractivity contribution in [3.05, 3.63) is 77.6 Å². The third kappa shape index (κ3) is 3.70. The lowest BCUT2D eigenvalue weighted by molar-refractivity contribution is 0.0115. The topological polar surface area (TPSA) is 70.1 Å². The van der Waals surface area contributed by atoms with Crippen LogP contribution in [-0.4, -0.2) is 49.6 Å². The molecule has 1 N–H and O–H groups in total. The van der Waals surface area contributed by atoms with Gasteiger partial charge in [0.2, 0.25) is 0 Å². The van der Waals surface area contributed by atoms with Crippen molar-refractivity contribution in [2.45, 2.75) is 31.9 Å². The number of hydrogen-bond acceptors (Lipinski definition) is 5. The van der Waals surface area contributed by atoms with E-state index in [4.69, 9.17) is 9.98 Å². The Morgan fingerprint density at radius 3 is 2.82 bits per heavy atom. The molecule has 0 radical (unpaired) electrons. The van der Waals surface area contributed by atoms with Crippen molar-refractivity contribution in [3.8, 4) is 11.1 Å². The molecule has 2 aliphatic rings. The number of aromatic nitrogens is 4. The van der Waals surface area contributed by atoms with Crippen LogP contribution in [0.4, 0.5) is 8.78 Å². The van der Waals surface area contributed by atoms with E-state index in [0.29, 0.717) is 13.1 Å². The summed E-state index contributed by atoms with van der Waals surface area (Å²) in [6.07, 6.45) is 6.97.